The predicted molar refractivity (Wildman–Crippen MR) is 75.2 cm³/mol. The van der Waals surface area contributed by atoms with Gasteiger partial charge in [0.15, 0.2) is 0 Å². The van der Waals surface area contributed by atoms with Crippen LogP contribution < -0.4 is 0 Å². The van der Waals surface area contributed by atoms with Crippen molar-refractivity contribution in [3.63, 3.8) is 0 Å². The molecule has 1 unspecified atom stereocenters. The quantitative estimate of drug-likeness (QED) is 0.832. The second-order valence-electron chi connectivity index (χ2n) is 5.09. The van der Waals surface area contributed by atoms with Gasteiger partial charge in [-0.05, 0) is 31.4 Å². The molecule has 19 heavy (non-hydrogen) atoms. The minimum Gasteiger partial charge on any atom is -0.207 e. The van der Waals surface area contributed by atoms with E-state index in [1.165, 1.54) is 0 Å². The fourth-order valence-corrected chi connectivity index (χ4v) is 4.81. The van der Waals surface area contributed by atoms with Crippen LogP contribution in [0.3, 0.4) is 0 Å². The summed E-state index contributed by atoms with van der Waals surface area (Å²) < 4.78 is 27.2. The Hall–Kier alpha value is -1.39. The first kappa shape index (κ1) is 12.6. The minimum atomic E-state index is -3.40. The number of hydrogen-bond acceptors (Lipinski definition) is 2. The number of nitrogens with zero attached hydrogens (tertiary/aromatic N) is 1. The molecule has 2 aliphatic rings. The van der Waals surface area contributed by atoms with Gasteiger partial charge < -0.3 is 0 Å². The SMILES string of the molecule is O=S(=O)(c1ccccc1)N1CCCC12C=CC=CC2. The lowest BCUT2D eigenvalue weighted by Gasteiger charge is -2.35. The minimum absolute atomic E-state index is 0.344. The van der Waals surface area contributed by atoms with Crippen LogP contribution in [0.15, 0.2) is 59.5 Å². The van der Waals surface area contributed by atoms with Crippen LogP contribution >= 0.6 is 0 Å². The van der Waals surface area contributed by atoms with Crippen molar-refractivity contribution >= 4 is 10.0 Å². The normalized spacial score (nSPS) is 27.2. The second-order valence-corrected chi connectivity index (χ2v) is 6.95. The van der Waals surface area contributed by atoms with Gasteiger partial charge in [0.1, 0.15) is 0 Å². The van der Waals surface area contributed by atoms with Gasteiger partial charge in [-0.15, -0.1) is 0 Å². The molecule has 1 saturated heterocycles. The van der Waals surface area contributed by atoms with E-state index in [0.717, 1.165) is 19.3 Å². The highest BCUT2D eigenvalue weighted by Crippen LogP contribution is 2.39. The summed E-state index contributed by atoms with van der Waals surface area (Å²) in [4.78, 5) is 0.388. The first-order valence-electron chi connectivity index (χ1n) is 6.57. The van der Waals surface area contributed by atoms with Crippen LogP contribution in [0.2, 0.25) is 0 Å². The second kappa shape index (κ2) is 4.62. The number of hydrogen-bond donors (Lipinski definition) is 0. The van der Waals surface area contributed by atoms with Crippen molar-refractivity contribution in [2.24, 2.45) is 0 Å². The van der Waals surface area contributed by atoms with Gasteiger partial charge in [-0.3, -0.25) is 0 Å². The van der Waals surface area contributed by atoms with Crippen LogP contribution in [-0.2, 0) is 10.0 Å². The average molecular weight is 275 g/mol. The van der Waals surface area contributed by atoms with Crippen molar-refractivity contribution < 1.29 is 8.42 Å². The van der Waals surface area contributed by atoms with Crippen molar-refractivity contribution in [1.29, 1.82) is 0 Å². The summed E-state index contributed by atoms with van der Waals surface area (Å²) in [5.41, 5.74) is -0.344. The molecule has 3 nitrogen and oxygen atoms in total. The molecule has 1 aliphatic heterocycles. The van der Waals surface area contributed by atoms with Gasteiger partial charge in [0, 0.05) is 6.54 Å². The summed E-state index contributed by atoms with van der Waals surface area (Å²) in [6, 6.07) is 8.72. The zero-order chi connectivity index (χ0) is 13.3. The summed E-state index contributed by atoms with van der Waals surface area (Å²) in [5, 5.41) is 0. The Morgan fingerprint density at radius 3 is 2.58 bits per heavy atom. The van der Waals surface area contributed by atoms with Crippen LogP contribution in [0.1, 0.15) is 19.3 Å². The van der Waals surface area contributed by atoms with Gasteiger partial charge in [-0.1, -0.05) is 42.5 Å². The van der Waals surface area contributed by atoms with Crippen molar-refractivity contribution in [2.75, 3.05) is 6.54 Å². The van der Waals surface area contributed by atoms with E-state index in [0.29, 0.717) is 11.4 Å². The smallest absolute Gasteiger partial charge is 0.207 e. The molecule has 1 aliphatic carbocycles. The van der Waals surface area contributed by atoms with Crippen LogP contribution in [0, 0.1) is 0 Å². The van der Waals surface area contributed by atoms with Crippen LogP contribution in [0.25, 0.3) is 0 Å². The molecule has 4 heteroatoms. The maximum atomic E-state index is 12.8. The van der Waals surface area contributed by atoms with E-state index in [1.807, 2.05) is 24.3 Å². The maximum absolute atomic E-state index is 12.8. The van der Waals surface area contributed by atoms with E-state index >= 15 is 0 Å². The summed E-state index contributed by atoms with van der Waals surface area (Å²) in [6.45, 7) is 0.607. The number of benzene rings is 1. The van der Waals surface area contributed by atoms with Crippen molar-refractivity contribution in [1.82, 2.24) is 4.31 Å². The molecule has 3 rings (SSSR count). The summed E-state index contributed by atoms with van der Waals surface area (Å²) in [5.74, 6) is 0. The standard InChI is InChI=1S/C15H17NO2S/c17-19(18,14-8-3-1-4-9-14)16-13-7-12-15(16)10-5-2-6-11-15/h1-6,8-10H,7,11-13H2. The molecule has 0 amide bonds. The zero-order valence-corrected chi connectivity index (χ0v) is 11.5. The Labute approximate surface area is 114 Å². The van der Waals surface area contributed by atoms with Gasteiger partial charge in [0.2, 0.25) is 10.0 Å². The molecule has 1 fully saturated rings. The average Bonchev–Trinajstić information content (AvgIpc) is 2.84. The Balaban J connectivity index is 2.02. The molecular formula is C15H17NO2S. The van der Waals surface area contributed by atoms with E-state index in [9.17, 15) is 8.42 Å². The topological polar surface area (TPSA) is 37.4 Å². The first-order chi connectivity index (χ1) is 9.15. The number of rotatable bonds is 2. The van der Waals surface area contributed by atoms with Crippen molar-refractivity contribution in [3.05, 3.63) is 54.6 Å². The molecule has 0 saturated carbocycles. The van der Waals surface area contributed by atoms with E-state index in [4.69, 9.17) is 0 Å². The molecule has 1 atom stereocenters. The van der Waals surface area contributed by atoms with Crippen molar-refractivity contribution in [3.8, 4) is 0 Å². The highest BCUT2D eigenvalue weighted by Gasteiger charge is 2.45. The molecular weight excluding hydrogens is 258 g/mol. The van der Waals surface area contributed by atoms with Crippen molar-refractivity contribution in [2.45, 2.75) is 29.7 Å². The van der Waals surface area contributed by atoms with E-state index in [-0.39, 0.29) is 5.54 Å². The van der Waals surface area contributed by atoms with E-state index in [2.05, 4.69) is 6.08 Å². The van der Waals surface area contributed by atoms with Gasteiger partial charge in [-0.25, -0.2) is 8.42 Å². The highest BCUT2D eigenvalue weighted by molar-refractivity contribution is 7.89. The monoisotopic (exact) mass is 275 g/mol. The van der Waals surface area contributed by atoms with Crippen LogP contribution in [0.5, 0.6) is 0 Å². The molecule has 1 spiro atoms. The summed E-state index contributed by atoms with van der Waals surface area (Å²) in [6.07, 6.45) is 10.6. The van der Waals surface area contributed by atoms with Crippen LogP contribution in [-0.4, -0.2) is 24.8 Å². The van der Waals surface area contributed by atoms with Gasteiger partial charge in [0.05, 0.1) is 10.4 Å². The fraction of sp³-hybridized carbons (Fsp3) is 0.333. The molecule has 1 aromatic carbocycles. The molecule has 1 aromatic rings. The summed E-state index contributed by atoms with van der Waals surface area (Å²) in [7, 11) is -3.40. The molecule has 0 radical (unpaired) electrons. The van der Waals surface area contributed by atoms with Gasteiger partial charge in [-0.2, -0.15) is 4.31 Å². The molecule has 0 bridgehead atoms. The molecule has 0 aromatic heterocycles. The van der Waals surface area contributed by atoms with Gasteiger partial charge in [0.25, 0.3) is 0 Å². The molecule has 0 N–H and O–H groups in total. The Kier molecular flexibility index (Phi) is 3.07. The van der Waals surface area contributed by atoms with Crippen LogP contribution in [0.4, 0.5) is 0 Å². The summed E-state index contributed by atoms with van der Waals surface area (Å²) >= 11 is 0. The lowest BCUT2D eigenvalue weighted by molar-refractivity contribution is 0.303. The molecule has 1 heterocycles. The lowest BCUT2D eigenvalue weighted by atomic mass is 9.90. The lowest BCUT2D eigenvalue weighted by Crippen LogP contribution is -2.46. The first-order valence-corrected chi connectivity index (χ1v) is 8.01. The fourth-order valence-electron chi connectivity index (χ4n) is 2.98. The third-order valence-corrected chi connectivity index (χ3v) is 5.92. The van der Waals surface area contributed by atoms with Gasteiger partial charge >= 0.3 is 0 Å². The third kappa shape index (κ3) is 2.05. The largest absolute Gasteiger partial charge is 0.243 e. The third-order valence-electron chi connectivity index (χ3n) is 3.92. The predicted octanol–water partition coefficient (Wildman–Crippen LogP) is 2.73. The Morgan fingerprint density at radius 2 is 1.89 bits per heavy atom. The zero-order valence-electron chi connectivity index (χ0n) is 10.7. The molecule has 100 valence electrons. The Bertz CT molecular complexity index is 619. The van der Waals surface area contributed by atoms with E-state index < -0.39 is 10.0 Å². The van der Waals surface area contributed by atoms with E-state index in [1.54, 1.807) is 28.6 Å². The number of sulfonamides is 1. The maximum Gasteiger partial charge on any atom is 0.243 e. The Morgan fingerprint density at radius 1 is 1.11 bits per heavy atom. The highest BCUT2D eigenvalue weighted by atomic mass is 32.2. The number of allylic oxidation sites excluding steroid dienone is 2.